The Morgan fingerprint density at radius 1 is 1.04 bits per heavy atom. The SMILES string of the molecule is N#Cc1sc(-c2ccccc2)cc1OCC(=O)c1ccccc1. The molecule has 1 heterocycles. The van der Waals surface area contributed by atoms with E-state index in [1.54, 1.807) is 12.1 Å². The summed E-state index contributed by atoms with van der Waals surface area (Å²) in [5, 5.41) is 9.26. The second kappa shape index (κ2) is 6.91. The van der Waals surface area contributed by atoms with Crippen LogP contribution in [0.5, 0.6) is 5.75 Å². The quantitative estimate of drug-likeness (QED) is 0.648. The van der Waals surface area contributed by atoms with E-state index in [1.165, 1.54) is 11.3 Å². The predicted octanol–water partition coefficient (Wildman–Crippen LogP) is 4.55. The molecule has 0 saturated carbocycles. The Kier molecular flexibility index (Phi) is 4.51. The van der Waals surface area contributed by atoms with Gasteiger partial charge in [-0.2, -0.15) is 5.26 Å². The van der Waals surface area contributed by atoms with Gasteiger partial charge in [0.25, 0.3) is 0 Å². The van der Waals surface area contributed by atoms with Gasteiger partial charge in [0.05, 0.1) is 0 Å². The monoisotopic (exact) mass is 319 g/mol. The van der Waals surface area contributed by atoms with Crippen LogP contribution in [-0.2, 0) is 0 Å². The second-order valence-corrected chi connectivity index (χ2v) is 5.91. The van der Waals surface area contributed by atoms with Gasteiger partial charge in [0, 0.05) is 16.5 Å². The highest BCUT2D eigenvalue weighted by Crippen LogP contribution is 2.35. The summed E-state index contributed by atoms with van der Waals surface area (Å²) in [4.78, 5) is 13.5. The first-order chi connectivity index (χ1) is 11.3. The number of nitrogens with zero attached hydrogens (tertiary/aromatic N) is 1. The highest BCUT2D eigenvalue weighted by Gasteiger charge is 2.13. The summed E-state index contributed by atoms with van der Waals surface area (Å²) in [5.74, 6) is 0.350. The Morgan fingerprint density at radius 2 is 1.70 bits per heavy atom. The van der Waals surface area contributed by atoms with E-state index in [4.69, 9.17) is 4.74 Å². The number of thiophene rings is 1. The Hall–Kier alpha value is -2.90. The van der Waals surface area contributed by atoms with Gasteiger partial charge in [-0.05, 0) is 5.56 Å². The van der Waals surface area contributed by atoms with Gasteiger partial charge in [-0.3, -0.25) is 4.79 Å². The molecule has 23 heavy (non-hydrogen) atoms. The summed E-state index contributed by atoms with van der Waals surface area (Å²) >= 11 is 1.36. The van der Waals surface area contributed by atoms with Gasteiger partial charge >= 0.3 is 0 Å². The van der Waals surface area contributed by atoms with Crippen LogP contribution in [0.4, 0.5) is 0 Å². The van der Waals surface area contributed by atoms with Crippen LogP contribution in [0.15, 0.2) is 66.7 Å². The molecule has 0 fully saturated rings. The van der Waals surface area contributed by atoms with Gasteiger partial charge in [0.1, 0.15) is 16.7 Å². The topological polar surface area (TPSA) is 50.1 Å². The molecule has 0 aliphatic heterocycles. The first-order valence-corrected chi connectivity index (χ1v) is 7.90. The molecule has 0 unspecified atom stereocenters. The lowest BCUT2D eigenvalue weighted by atomic mass is 10.1. The minimum absolute atomic E-state index is 0.0797. The number of carbonyl (C=O) groups is 1. The van der Waals surface area contributed by atoms with E-state index in [0.717, 1.165) is 10.4 Å². The lowest BCUT2D eigenvalue weighted by Gasteiger charge is -2.03. The zero-order chi connectivity index (χ0) is 16.1. The van der Waals surface area contributed by atoms with E-state index in [0.29, 0.717) is 16.2 Å². The van der Waals surface area contributed by atoms with Crippen LogP contribution < -0.4 is 4.74 Å². The second-order valence-electron chi connectivity index (χ2n) is 4.86. The van der Waals surface area contributed by atoms with Gasteiger partial charge in [-0.25, -0.2) is 0 Å². The van der Waals surface area contributed by atoms with E-state index in [1.807, 2.05) is 54.6 Å². The number of nitriles is 1. The van der Waals surface area contributed by atoms with Crippen molar-refractivity contribution >= 4 is 17.1 Å². The van der Waals surface area contributed by atoms with Crippen molar-refractivity contribution in [2.45, 2.75) is 0 Å². The molecule has 0 spiro atoms. The third-order valence-corrected chi connectivity index (χ3v) is 4.38. The minimum Gasteiger partial charge on any atom is -0.483 e. The third-order valence-electron chi connectivity index (χ3n) is 3.31. The van der Waals surface area contributed by atoms with Gasteiger partial charge < -0.3 is 4.74 Å². The van der Waals surface area contributed by atoms with Crippen LogP contribution in [-0.4, -0.2) is 12.4 Å². The van der Waals surface area contributed by atoms with Crippen molar-refractivity contribution in [2.75, 3.05) is 6.61 Å². The van der Waals surface area contributed by atoms with Crippen LogP contribution in [0.3, 0.4) is 0 Å². The lowest BCUT2D eigenvalue weighted by molar-refractivity contribution is 0.0921. The summed E-state index contributed by atoms with van der Waals surface area (Å²) in [6.45, 7) is -0.0797. The molecule has 0 aliphatic carbocycles. The Labute approximate surface area is 138 Å². The molecule has 4 heteroatoms. The van der Waals surface area contributed by atoms with Crippen molar-refractivity contribution in [1.82, 2.24) is 0 Å². The van der Waals surface area contributed by atoms with Crippen LogP contribution >= 0.6 is 11.3 Å². The van der Waals surface area contributed by atoms with Crippen molar-refractivity contribution in [1.29, 1.82) is 5.26 Å². The maximum Gasteiger partial charge on any atom is 0.200 e. The Bertz CT molecular complexity index is 848. The first-order valence-electron chi connectivity index (χ1n) is 7.08. The summed E-state index contributed by atoms with van der Waals surface area (Å²) in [7, 11) is 0. The smallest absolute Gasteiger partial charge is 0.200 e. The van der Waals surface area contributed by atoms with E-state index in [9.17, 15) is 10.1 Å². The van der Waals surface area contributed by atoms with Gasteiger partial charge in [-0.1, -0.05) is 60.7 Å². The molecule has 0 saturated heterocycles. The van der Waals surface area contributed by atoms with Crippen molar-refractivity contribution < 1.29 is 9.53 Å². The average Bonchev–Trinajstić information content (AvgIpc) is 3.04. The van der Waals surface area contributed by atoms with E-state index >= 15 is 0 Å². The Morgan fingerprint density at radius 3 is 2.35 bits per heavy atom. The van der Waals surface area contributed by atoms with Crippen LogP contribution in [0.2, 0.25) is 0 Å². The fraction of sp³-hybridized carbons (Fsp3) is 0.0526. The number of carbonyl (C=O) groups excluding carboxylic acids is 1. The zero-order valence-corrected chi connectivity index (χ0v) is 13.0. The molecule has 1 aromatic heterocycles. The van der Waals surface area contributed by atoms with Gasteiger partial charge in [0.15, 0.2) is 12.4 Å². The summed E-state index contributed by atoms with van der Waals surface area (Å²) in [5.41, 5.74) is 1.63. The molecule has 3 rings (SSSR count). The normalized spacial score (nSPS) is 10.0. The first kappa shape index (κ1) is 15.0. The fourth-order valence-corrected chi connectivity index (χ4v) is 3.06. The molecule has 2 aromatic carbocycles. The number of ether oxygens (including phenoxy) is 1. The summed E-state index contributed by atoms with van der Waals surface area (Å²) < 4.78 is 5.58. The number of rotatable bonds is 5. The van der Waals surface area contributed by atoms with Crippen LogP contribution in [0, 0.1) is 11.3 Å². The standard InChI is InChI=1S/C19H13NO2S/c20-12-19-17(11-18(23-19)15-9-5-2-6-10-15)22-13-16(21)14-7-3-1-4-8-14/h1-11H,13H2. The number of benzene rings is 2. The molecule has 0 atom stereocenters. The molecule has 3 nitrogen and oxygen atoms in total. The number of ketones is 1. The molecule has 3 aromatic rings. The summed E-state index contributed by atoms with van der Waals surface area (Å²) in [6, 6.07) is 22.7. The molecular weight excluding hydrogens is 306 g/mol. The van der Waals surface area contributed by atoms with Gasteiger partial charge in [-0.15, -0.1) is 11.3 Å². The Balaban J connectivity index is 1.77. The third kappa shape index (κ3) is 3.47. The van der Waals surface area contributed by atoms with Crippen molar-refractivity contribution in [3.8, 4) is 22.3 Å². The molecule has 0 radical (unpaired) electrons. The van der Waals surface area contributed by atoms with Crippen LogP contribution in [0.1, 0.15) is 15.2 Å². The van der Waals surface area contributed by atoms with E-state index in [-0.39, 0.29) is 12.4 Å². The zero-order valence-electron chi connectivity index (χ0n) is 12.2. The minimum atomic E-state index is -0.109. The number of hydrogen-bond acceptors (Lipinski definition) is 4. The molecule has 0 N–H and O–H groups in total. The van der Waals surface area contributed by atoms with Crippen LogP contribution in [0.25, 0.3) is 10.4 Å². The average molecular weight is 319 g/mol. The maximum atomic E-state index is 12.1. The number of Topliss-reactive ketones (excluding diaryl/α,β-unsaturated/α-hetero) is 1. The van der Waals surface area contributed by atoms with Crippen molar-refractivity contribution in [2.24, 2.45) is 0 Å². The van der Waals surface area contributed by atoms with E-state index in [2.05, 4.69) is 6.07 Å². The predicted molar refractivity (Wildman–Crippen MR) is 90.7 cm³/mol. The largest absolute Gasteiger partial charge is 0.483 e. The highest BCUT2D eigenvalue weighted by atomic mass is 32.1. The molecule has 112 valence electrons. The lowest BCUT2D eigenvalue weighted by Crippen LogP contribution is -2.11. The van der Waals surface area contributed by atoms with E-state index < -0.39 is 0 Å². The molecule has 0 bridgehead atoms. The summed E-state index contributed by atoms with van der Waals surface area (Å²) in [6.07, 6.45) is 0. The fourth-order valence-electron chi connectivity index (χ4n) is 2.15. The molecule has 0 aliphatic rings. The molecular formula is C19H13NO2S. The molecule has 0 amide bonds. The maximum absolute atomic E-state index is 12.1. The van der Waals surface area contributed by atoms with Crippen molar-refractivity contribution in [3.63, 3.8) is 0 Å². The number of hydrogen-bond donors (Lipinski definition) is 0. The van der Waals surface area contributed by atoms with Gasteiger partial charge in [0.2, 0.25) is 0 Å². The highest BCUT2D eigenvalue weighted by molar-refractivity contribution is 7.16. The van der Waals surface area contributed by atoms with Crippen molar-refractivity contribution in [3.05, 3.63) is 77.2 Å².